The van der Waals surface area contributed by atoms with Crippen LogP contribution in [0.1, 0.15) is 120 Å². The third-order valence-electron chi connectivity index (χ3n) is 13.0. The number of methoxy groups -OCH3 is 1. The van der Waals surface area contributed by atoms with Crippen LogP contribution in [0.15, 0.2) is 11.6 Å². The Hall–Kier alpha value is -0.300. The minimum atomic E-state index is 0.288. The van der Waals surface area contributed by atoms with Gasteiger partial charge in [0.15, 0.2) is 0 Å². The van der Waals surface area contributed by atoms with Gasteiger partial charge in [-0.3, -0.25) is 0 Å². The Morgan fingerprint density at radius 3 is 2.00 bits per heavy atom. The standard InChI is InChI=1S/C31H52O/c1-26(2)18-19-28(5)14-10-22-30(7)15-11-21-27(3,4)25(32-9)13-17-29(21,6)23(30)12-16-31(22,8)24(28)20-26/h10,21,23-25H,11-20H2,1-9H3/t21-,23+,24+,25-,28-,29-,30-,31+/m0/s1. The van der Waals surface area contributed by atoms with Crippen molar-refractivity contribution in [2.75, 3.05) is 7.11 Å². The summed E-state index contributed by atoms with van der Waals surface area (Å²) in [5, 5.41) is 0. The molecule has 5 rings (SSSR count). The molecule has 0 aromatic rings. The van der Waals surface area contributed by atoms with Gasteiger partial charge in [0, 0.05) is 7.11 Å². The number of rotatable bonds is 1. The van der Waals surface area contributed by atoms with Gasteiger partial charge in [0.25, 0.3) is 0 Å². The minimum absolute atomic E-state index is 0.288. The van der Waals surface area contributed by atoms with Crippen LogP contribution in [0.3, 0.4) is 0 Å². The Balaban J connectivity index is 1.54. The van der Waals surface area contributed by atoms with Crippen LogP contribution in [0.25, 0.3) is 0 Å². The average Bonchev–Trinajstić information content (AvgIpc) is 2.68. The van der Waals surface area contributed by atoms with Gasteiger partial charge < -0.3 is 4.74 Å². The molecule has 182 valence electrons. The van der Waals surface area contributed by atoms with Crippen molar-refractivity contribution in [3.05, 3.63) is 11.6 Å². The van der Waals surface area contributed by atoms with Gasteiger partial charge >= 0.3 is 0 Å². The van der Waals surface area contributed by atoms with Crippen LogP contribution < -0.4 is 0 Å². The highest BCUT2D eigenvalue weighted by atomic mass is 16.5. The Morgan fingerprint density at radius 2 is 1.34 bits per heavy atom. The second kappa shape index (κ2) is 6.89. The van der Waals surface area contributed by atoms with Crippen LogP contribution in [-0.2, 0) is 4.74 Å². The van der Waals surface area contributed by atoms with E-state index in [1.165, 1.54) is 64.2 Å². The Labute approximate surface area is 199 Å². The summed E-state index contributed by atoms with van der Waals surface area (Å²) in [6.07, 6.45) is 17.1. The fourth-order valence-electron chi connectivity index (χ4n) is 11.3. The molecule has 32 heavy (non-hydrogen) atoms. The topological polar surface area (TPSA) is 9.23 Å². The van der Waals surface area contributed by atoms with Crippen LogP contribution in [0.2, 0.25) is 0 Å². The van der Waals surface area contributed by atoms with Crippen LogP contribution in [-0.4, -0.2) is 13.2 Å². The van der Waals surface area contributed by atoms with E-state index in [-0.39, 0.29) is 5.41 Å². The molecule has 0 saturated heterocycles. The second-order valence-corrected chi connectivity index (χ2v) is 15.5. The molecule has 1 heteroatoms. The van der Waals surface area contributed by atoms with Gasteiger partial charge in [-0.2, -0.15) is 0 Å². The third kappa shape index (κ3) is 2.91. The van der Waals surface area contributed by atoms with Gasteiger partial charge in [0.2, 0.25) is 0 Å². The lowest BCUT2D eigenvalue weighted by Crippen LogP contribution is -2.63. The quantitative estimate of drug-likeness (QED) is 0.370. The molecule has 0 radical (unpaired) electrons. The van der Waals surface area contributed by atoms with Crippen molar-refractivity contribution in [3.8, 4) is 0 Å². The fourth-order valence-corrected chi connectivity index (χ4v) is 11.3. The molecule has 0 unspecified atom stereocenters. The molecule has 4 saturated carbocycles. The van der Waals surface area contributed by atoms with E-state index in [1.54, 1.807) is 0 Å². The molecular formula is C31H52O. The maximum absolute atomic E-state index is 6.04. The highest BCUT2D eigenvalue weighted by Gasteiger charge is 2.66. The van der Waals surface area contributed by atoms with Crippen molar-refractivity contribution in [1.29, 1.82) is 0 Å². The van der Waals surface area contributed by atoms with E-state index < -0.39 is 0 Å². The highest BCUT2D eigenvalue weighted by molar-refractivity contribution is 5.34. The number of hydrogen-bond donors (Lipinski definition) is 0. The van der Waals surface area contributed by atoms with E-state index >= 15 is 0 Å². The zero-order valence-corrected chi connectivity index (χ0v) is 22.9. The first-order valence-electron chi connectivity index (χ1n) is 14.0. The van der Waals surface area contributed by atoms with E-state index in [9.17, 15) is 0 Å². The Morgan fingerprint density at radius 1 is 0.719 bits per heavy atom. The van der Waals surface area contributed by atoms with E-state index in [0.29, 0.717) is 33.2 Å². The van der Waals surface area contributed by atoms with Gasteiger partial charge in [-0.1, -0.05) is 67.0 Å². The number of fused-ring (bicyclic) bond motifs is 7. The summed E-state index contributed by atoms with van der Waals surface area (Å²) in [5.74, 6) is 2.49. The molecule has 8 atom stereocenters. The lowest BCUT2D eigenvalue weighted by atomic mass is 9.35. The Bertz CT molecular complexity index is 805. The van der Waals surface area contributed by atoms with Gasteiger partial charge in [-0.25, -0.2) is 0 Å². The van der Waals surface area contributed by atoms with E-state index in [0.717, 1.165) is 17.8 Å². The molecule has 0 bridgehead atoms. The van der Waals surface area contributed by atoms with Gasteiger partial charge in [0.1, 0.15) is 0 Å². The predicted molar refractivity (Wildman–Crippen MR) is 136 cm³/mol. The predicted octanol–water partition coefficient (Wildman–Crippen LogP) is 8.82. The third-order valence-corrected chi connectivity index (χ3v) is 13.0. The second-order valence-electron chi connectivity index (χ2n) is 15.5. The largest absolute Gasteiger partial charge is 0.381 e. The molecule has 1 nitrogen and oxygen atoms in total. The highest BCUT2D eigenvalue weighted by Crippen LogP contribution is 2.75. The monoisotopic (exact) mass is 440 g/mol. The lowest BCUT2D eigenvalue weighted by Gasteiger charge is -2.70. The van der Waals surface area contributed by atoms with Crippen molar-refractivity contribution in [2.45, 2.75) is 126 Å². The molecular weight excluding hydrogens is 388 g/mol. The first-order chi connectivity index (χ1) is 14.7. The zero-order valence-electron chi connectivity index (χ0n) is 22.9. The minimum Gasteiger partial charge on any atom is -0.381 e. The number of hydrogen-bond acceptors (Lipinski definition) is 1. The summed E-state index contributed by atoms with van der Waals surface area (Å²) in [4.78, 5) is 0. The van der Waals surface area contributed by atoms with Crippen LogP contribution >= 0.6 is 0 Å². The molecule has 4 fully saturated rings. The fraction of sp³-hybridized carbons (Fsp3) is 0.935. The van der Waals surface area contributed by atoms with Crippen LogP contribution in [0.5, 0.6) is 0 Å². The van der Waals surface area contributed by atoms with E-state index in [2.05, 4.69) is 61.5 Å². The molecule has 0 heterocycles. The van der Waals surface area contributed by atoms with Gasteiger partial charge in [-0.05, 0) is 114 Å². The molecule has 0 aliphatic heterocycles. The molecule has 5 aliphatic rings. The summed E-state index contributed by atoms with van der Waals surface area (Å²) in [6, 6.07) is 0. The summed E-state index contributed by atoms with van der Waals surface area (Å²) in [6.45, 7) is 20.9. The smallest absolute Gasteiger partial charge is 0.0625 e. The SMILES string of the molecule is CO[C@H]1CC[C@]2(C)[C@H]3CC[C@]4(C)C(=CC[C@@]5(C)CCC(C)(C)C[C@H]54)[C@]3(C)CC[C@H]2C1(C)C. The molecule has 0 N–H and O–H groups in total. The Kier molecular flexibility index (Phi) is 5.05. The average molecular weight is 441 g/mol. The summed E-state index contributed by atoms with van der Waals surface area (Å²) in [5.41, 5.74) is 4.51. The van der Waals surface area contributed by atoms with Crippen molar-refractivity contribution in [2.24, 2.45) is 50.2 Å². The molecule has 5 aliphatic carbocycles. The zero-order chi connectivity index (χ0) is 23.4. The first-order valence-corrected chi connectivity index (χ1v) is 14.0. The van der Waals surface area contributed by atoms with Crippen molar-refractivity contribution < 1.29 is 4.74 Å². The van der Waals surface area contributed by atoms with Gasteiger partial charge in [-0.15, -0.1) is 0 Å². The number of ether oxygens (including phenoxy) is 1. The van der Waals surface area contributed by atoms with Crippen LogP contribution in [0.4, 0.5) is 0 Å². The van der Waals surface area contributed by atoms with Crippen molar-refractivity contribution in [3.63, 3.8) is 0 Å². The maximum atomic E-state index is 6.04. The van der Waals surface area contributed by atoms with E-state index in [4.69, 9.17) is 4.74 Å². The molecule has 0 aromatic heterocycles. The van der Waals surface area contributed by atoms with E-state index in [1.807, 2.05) is 12.7 Å². The summed E-state index contributed by atoms with van der Waals surface area (Å²) < 4.78 is 6.04. The maximum Gasteiger partial charge on any atom is 0.0625 e. The first kappa shape index (κ1) is 23.4. The normalized spacial score (nSPS) is 53.8. The van der Waals surface area contributed by atoms with Crippen LogP contribution in [0, 0.1) is 50.2 Å². The van der Waals surface area contributed by atoms with Crippen molar-refractivity contribution >= 4 is 0 Å². The molecule has 0 amide bonds. The molecule has 0 aromatic carbocycles. The lowest BCUT2D eigenvalue weighted by molar-refractivity contribution is -0.189. The van der Waals surface area contributed by atoms with Gasteiger partial charge in [0.05, 0.1) is 6.10 Å². The molecule has 0 spiro atoms. The van der Waals surface area contributed by atoms with Crippen molar-refractivity contribution in [1.82, 2.24) is 0 Å². The summed E-state index contributed by atoms with van der Waals surface area (Å²) >= 11 is 0. The number of allylic oxidation sites excluding steroid dienone is 2. The summed E-state index contributed by atoms with van der Waals surface area (Å²) in [7, 11) is 1.95.